The fourth-order valence-electron chi connectivity index (χ4n) is 0.823. The summed E-state index contributed by atoms with van der Waals surface area (Å²) in [6.07, 6.45) is 0. The SMILES string of the molecule is Cc1ccc(O)c(N)c1C.O=P(O)(O)O. The molecule has 0 bridgehead atoms. The molecule has 0 radical (unpaired) electrons. The highest BCUT2D eigenvalue weighted by Gasteiger charge is 2.01. The molecule has 0 saturated carbocycles. The van der Waals surface area contributed by atoms with Crippen LogP contribution in [0.1, 0.15) is 11.1 Å². The predicted molar refractivity (Wildman–Crippen MR) is 56.3 cm³/mol. The van der Waals surface area contributed by atoms with Crippen molar-refractivity contribution in [1.82, 2.24) is 0 Å². The summed E-state index contributed by atoms with van der Waals surface area (Å²) < 4.78 is 8.88. The Morgan fingerprint density at radius 2 is 1.60 bits per heavy atom. The van der Waals surface area contributed by atoms with Gasteiger partial charge in [-0.3, -0.25) is 0 Å². The van der Waals surface area contributed by atoms with E-state index in [2.05, 4.69) is 0 Å². The van der Waals surface area contributed by atoms with Crippen molar-refractivity contribution in [3.8, 4) is 5.75 Å². The minimum atomic E-state index is -4.64. The van der Waals surface area contributed by atoms with Gasteiger partial charge in [-0.1, -0.05) is 6.07 Å². The van der Waals surface area contributed by atoms with Crippen LogP contribution in [0.2, 0.25) is 0 Å². The molecular formula is C8H14NO5P. The lowest BCUT2D eigenvalue weighted by atomic mass is 10.1. The third-order valence-corrected chi connectivity index (χ3v) is 1.76. The maximum atomic E-state index is 9.10. The first-order valence-corrected chi connectivity index (χ1v) is 5.52. The quantitative estimate of drug-likeness (QED) is 0.255. The first kappa shape index (κ1) is 13.9. The second-order valence-electron chi connectivity index (χ2n) is 2.95. The van der Waals surface area contributed by atoms with Crippen LogP contribution in [-0.4, -0.2) is 19.8 Å². The molecule has 6 N–H and O–H groups in total. The Bertz CT molecular complexity index is 352. The van der Waals surface area contributed by atoms with E-state index in [4.69, 9.17) is 30.1 Å². The van der Waals surface area contributed by atoms with Crippen molar-refractivity contribution < 1.29 is 24.4 Å². The van der Waals surface area contributed by atoms with E-state index in [-0.39, 0.29) is 5.75 Å². The van der Waals surface area contributed by atoms with E-state index in [0.29, 0.717) is 5.69 Å². The zero-order chi connectivity index (χ0) is 12.2. The van der Waals surface area contributed by atoms with E-state index in [1.165, 1.54) is 0 Å². The molecule has 6 nitrogen and oxygen atoms in total. The number of phosphoric acid groups is 1. The van der Waals surface area contributed by atoms with Crippen molar-refractivity contribution >= 4 is 13.5 Å². The molecule has 0 aromatic heterocycles. The van der Waals surface area contributed by atoms with Crippen LogP contribution in [0.25, 0.3) is 0 Å². The fraction of sp³-hybridized carbons (Fsp3) is 0.250. The number of nitrogens with two attached hydrogens (primary N) is 1. The minimum absolute atomic E-state index is 0.170. The van der Waals surface area contributed by atoms with E-state index in [0.717, 1.165) is 11.1 Å². The normalized spacial score (nSPS) is 10.5. The van der Waals surface area contributed by atoms with Gasteiger partial charge in [0.05, 0.1) is 5.69 Å². The summed E-state index contributed by atoms with van der Waals surface area (Å²) in [5.41, 5.74) is 8.08. The van der Waals surface area contributed by atoms with Crippen molar-refractivity contribution in [2.45, 2.75) is 13.8 Å². The van der Waals surface area contributed by atoms with E-state index in [1.54, 1.807) is 6.07 Å². The molecule has 0 aliphatic rings. The molecule has 0 aliphatic carbocycles. The molecule has 1 aromatic rings. The predicted octanol–water partition coefficient (Wildman–Crippen LogP) is 0.663. The Morgan fingerprint density at radius 1 is 1.20 bits per heavy atom. The topological polar surface area (TPSA) is 124 Å². The maximum Gasteiger partial charge on any atom is 0.466 e. The van der Waals surface area contributed by atoms with Gasteiger partial charge in [-0.05, 0) is 31.0 Å². The van der Waals surface area contributed by atoms with Crippen LogP contribution in [0, 0.1) is 13.8 Å². The molecule has 7 heteroatoms. The monoisotopic (exact) mass is 235 g/mol. The molecule has 0 amide bonds. The molecule has 15 heavy (non-hydrogen) atoms. The molecule has 0 aliphatic heterocycles. The smallest absolute Gasteiger partial charge is 0.466 e. The van der Waals surface area contributed by atoms with Crippen LogP contribution in [0.15, 0.2) is 12.1 Å². The largest absolute Gasteiger partial charge is 0.506 e. The van der Waals surface area contributed by atoms with Gasteiger partial charge in [0, 0.05) is 0 Å². The average molecular weight is 235 g/mol. The van der Waals surface area contributed by atoms with Crippen LogP contribution in [0.5, 0.6) is 5.75 Å². The number of hydrogen-bond donors (Lipinski definition) is 5. The first-order chi connectivity index (χ1) is 6.63. The third-order valence-electron chi connectivity index (χ3n) is 1.76. The van der Waals surface area contributed by atoms with Crippen molar-refractivity contribution in [3.63, 3.8) is 0 Å². The lowest BCUT2D eigenvalue weighted by Crippen LogP contribution is -1.91. The van der Waals surface area contributed by atoms with Crippen molar-refractivity contribution in [2.75, 3.05) is 5.73 Å². The highest BCUT2D eigenvalue weighted by atomic mass is 31.2. The number of anilines is 1. The molecule has 1 rings (SSSR count). The number of rotatable bonds is 0. The zero-order valence-corrected chi connectivity index (χ0v) is 9.27. The van der Waals surface area contributed by atoms with Gasteiger partial charge >= 0.3 is 7.82 Å². The number of benzene rings is 1. The summed E-state index contributed by atoms with van der Waals surface area (Å²) >= 11 is 0. The lowest BCUT2D eigenvalue weighted by molar-refractivity contribution is 0.275. The number of hydrogen-bond acceptors (Lipinski definition) is 3. The Kier molecular flexibility index (Phi) is 4.77. The Labute approximate surface area is 87.2 Å². The molecule has 0 fully saturated rings. The van der Waals surface area contributed by atoms with Crippen molar-refractivity contribution in [2.24, 2.45) is 0 Å². The van der Waals surface area contributed by atoms with Gasteiger partial charge in [-0.2, -0.15) is 0 Å². The number of nitrogen functional groups attached to an aromatic ring is 1. The number of phenolic OH excluding ortho intramolecular Hbond substituents is 1. The fourth-order valence-corrected chi connectivity index (χ4v) is 0.823. The molecule has 0 atom stereocenters. The van der Waals surface area contributed by atoms with Gasteiger partial charge in [0.2, 0.25) is 0 Å². The van der Waals surface area contributed by atoms with E-state index < -0.39 is 7.82 Å². The van der Waals surface area contributed by atoms with Crippen LogP contribution in [-0.2, 0) is 4.57 Å². The van der Waals surface area contributed by atoms with Gasteiger partial charge in [-0.15, -0.1) is 0 Å². The number of aryl methyl sites for hydroxylation is 1. The molecule has 0 unspecified atom stereocenters. The van der Waals surface area contributed by atoms with Gasteiger partial charge < -0.3 is 25.5 Å². The average Bonchev–Trinajstić information content (AvgIpc) is 2.05. The van der Waals surface area contributed by atoms with Crippen molar-refractivity contribution in [1.29, 1.82) is 0 Å². The Hall–Kier alpha value is -1.07. The van der Waals surface area contributed by atoms with E-state index in [9.17, 15) is 0 Å². The summed E-state index contributed by atoms with van der Waals surface area (Å²) in [5.74, 6) is 0.170. The number of aromatic hydroxyl groups is 1. The minimum Gasteiger partial charge on any atom is -0.506 e. The van der Waals surface area contributed by atoms with E-state index >= 15 is 0 Å². The molecule has 86 valence electrons. The molecule has 0 spiro atoms. The summed E-state index contributed by atoms with van der Waals surface area (Å²) in [6, 6.07) is 3.46. The second-order valence-corrected chi connectivity index (χ2v) is 3.98. The van der Waals surface area contributed by atoms with Gasteiger partial charge in [0.15, 0.2) is 0 Å². The van der Waals surface area contributed by atoms with Crippen molar-refractivity contribution in [3.05, 3.63) is 23.3 Å². The Morgan fingerprint density at radius 3 is 1.93 bits per heavy atom. The molecule has 0 heterocycles. The highest BCUT2D eigenvalue weighted by Crippen LogP contribution is 2.26. The molecule has 1 aromatic carbocycles. The van der Waals surface area contributed by atoms with Crippen LogP contribution in [0.3, 0.4) is 0 Å². The first-order valence-electron chi connectivity index (χ1n) is 3.96. The van der Waals surface area contributed by atoms with E-state index in [1.807, 2.05) is 19.9 Å². The third kappa shape index (κ3) is 6.09. The second kappa shape index (κ2) is 5.14. The highest BCUT2D eigenvalue weighted by molar-refractivity contribution is 7.45. The summed E-state index contributed by atoms with van der Waals surface area (Å²) in [7, 11) is -4.64. The van der Waals surface area contributed by atoms with Crippen LogP contribution in [0.4, 0.5) is 5.69 Å². The Balaban J connectivity index is 0.000000336. The standard InChI is InChI=1S/C8H11NO.H3O4P/c1-5-3-4-7(10)8(9)6(5)2;1-5(2,3)4/h3-4,10H,9H2,1-2H3;(H3,1,2,3,4). The summed E-state index contributed by atoms with van der Waals surface area (Å²) in [4.78, 5) is 21.6. The molecular weight excluding hydrogens is 221 g/mol. The van der Waals surface area contributed by atoms with Gasteiger partial charge in [0.25, 0.3) is 0 Å². The summed E-state index contributed by atoms with van der Waals surface area (Å²) in [5, 5.41) is 9.10. The van der Waals surface area contributed by atoms with Crippen LogP contribution >= 0.6 is 7.82 Å². The van der Waals surface area contributed by atoms with Gasteiger partial charge in [0.1, 0.15) is 5.75 Å². The molecule has 0 saturated heterocycles. The summed E-state index contributed by atoms with van der Waals surface area (Å²) in [6.45, 7) is 3.86. The zero-order valence-electron chi connectivity index (χ0n) is 8.38. The van der Waals surface area contributed by atoms with Crippen LogP contribution < -0.4 is 5.73 Å². The number of phenols is 1. The lowest BCUT2D eigenvalue weighted by Gasteiger charge is -2.04. The van der Waals surface area contributed by atoms with Gasteiger partial charge in [-0.25, -0.2) is 4.57 Å². The maximum absolute atomic E-state index is 9.10.